The molecule has 0 aliphatic carbocycles. The molecule has 1 aromatic carbocycles. The first-order valence-corrected chi connectivity index (χ1v) is 7.28. The van der Waals surface area contributed by atoms with E-state index < -0.39 is 0 Å². The van der Waals surface area contributed by atoms with Gasteiger partial charge < -0.3 is 10.2 Å². The summed E-state index contributed by atoms with van der Waals surface area (Å²) in [5.74, 6) is 0.921. The lowest BCUT2D eigenvalue weighted by Gasteiger charge is -2.20. The van der Waals surface area contributed by atoms with Crippen LogP contribution in [0.1, 0.15) is 25.7 Å². The molecule has 1 aliphatic heterocycles. The summed E-state index contributed by atoms with van der Waals surface area (Å²) in [5.41, 5.74) is 0.616. The number of hydrogen-bond acceptors (Lipinski definition) is 5. The van der Waals surface area contributed by atoms with Crippen molar-refractivity contribution in [2.24, 2.45) is 0 Å². The van der Waals surface area contributed by atoms with Crippen molar-refractivity contribution in [2.75, 3.05) is 23.3 Å². The van der Waals surface area contributed by atoms with E-state index in [4.69, 9.17) is 0 Å². The summed E-state index contributed by atoms with van der Waals surface area (Å²) in [4.78, 5) is 6.72. The predicted octanol–water partition coefficient (Wildman–Crippen LogP) is 3.13. The van der Waals surface area contributed by atoms with Crippen LogP contribution in [0.3, 0.4) is 0 Å². The first kappa shape index (κ1) is 13.7. The lowest BCUT2D eigenvalue weighted by molar-refractivity contribution is 0.628. The normalized spacial score (nSPS) is 15.6. The van der Waals surface area contributed by atoms with E-state index in [0.717, 1.165) is 18.9 Å². The van der Waals surface area contributed by atoms with Gasteiger partial charge in [0, 0.05) is 18.8 Å². The summed E-state index contributed by atoms with van der Waals surface area (Å²) in [5, 5.41) is 10.9. The second kappa shape index (κ2) is 6.47. The first-order valence-electron chi connectivity index (χ1n) is 7.28. The summed E-state index contributed by atoms with van der Waals surface area (Å²) in [6.07, 6.45) is 6.57. The van der Waals surface area contributed by atoms with Gasteiger partial charge >= 0.3 is 0 Å². The van der Waals surface area contributed by atoms with Gasteiger partial charge in [0.15, 0.2) is 5.82 Å². The Kier molecular flexibility index (Phi) is 4.23. The molecule has 2 aromatic rings. The molecule has 0 bridgehead atoms. The van der Waals surface area contributed by atoms with Crippen LogP contribution in [0.4, 0.5) is 21.8 Å². The molecular formula is C15H18FN5. The lowest BCUT2D eigenvalue weighted by atomic mass is 10.2. The van der Waals surface area contributed by atoms with Gasteiger partial charge in [-0.3, -0.25) is 0 Å². The van der Waals surface area contributed by atoms with Gasteiger partial charge in [-0.1, -0.05) is 18.9 Å². The number of nitrogens with one attached hydrogen (secondary N) is 1. The predicted molar refractivity (Wildman–Crippen MR) is 80.2 cm³/mol. The SMILES string of the molecule is Fc1cccc(Nc2nncc(N3CCCCCC3)n2)c1. The third kappa shape index (κ3) is 3.65. The van der Waals surface area contributed by atoms with Gasteiger partial charge in [-0.2, -0.15) is 10.1 Å². The molecule has 1 aromatic heterocycles. The van der Waals surface area contributed by atoms with Crippen molar-refractivity contribution in [3.63, 3.8) is 0 Å². The van der Waals surface area contributed by atoms with Gasteiger partial charge in [0.2, 0.25) is 5.95 Å². The molecule has 0 spiro atoms. The molecule has 0 atom stereocenters. The van der Waals surface area contributed by atoms with Crippen molar-refractivity contribution in [1.82, 2.24) is 15.2 Å². The zero-order valence-corrected chi connectivity index (χ0v) is 11.8. The second-order valence-corrected chi connectivity index (χ2v) is 5.17. The average Bonchev–Trinajstić information content (AvgIpc) is 2.77. The van der Waals surface area contributed by atoms with Crippen LogP contribution >= 0.6 is 0 Å². The fourth-order valence-electron chi connectivity index (χ4n) is 2.50. The molecular weight excluding hydrogens is 269 g/mol. The minimum Gasteiger partial charge on any atom is -0.355 e. The molecule has 1 fully saturated rings. The summed E-state index contributed by atoms with van der Waals surface area (Å²) in [6.45, 7) is 2.00. The summed E-state index contributed by atoms with van der Waals surface area (Å²) in [7, 11) is 0. The Morgan fingerprint density at radius 3 is 2.67 bits per heavy atom. The highest BCUT2D eigenvalue weighted by molar-refractivity contribution is 5.54. The minimum absolute atomic E-state index is 0.295. The van der Waals surface area contributed by atoms with Gasteiger partial charge in [-0.05, 0) is 31.0 Å². The van der Waals surface area contributed by atoms with Gasteiger partial charge in [0.1, 0.15) is 5.82 Å². The summed E-state index contributed by atoms with van der Waals surface area (Å²) < 4.78 is 13.2. The molecule has 0 amide bonds. The van der Waals surface area contributed by atoms with Crippen LogP contribution in [-0.4, -0.2) is 28.3 Å². The number of rotatable bonds is 3. The van der Waals surface area contributed by atoms with Crippen LogP contribution in [-0.2, 0) is 0 Å². The summed E-state index contributed by atoms with van der Waals surface area (Å²) in [6, 6.07) is 6.22. The van der Waals surface area contributed by atoms with Gasteiger partial charge in [0.25, 0.3) is 0 Å². The molecule has 0 saturated carbocycles. The smallest absolute Gasteiger partial charge is 0.249 e. The Labute approximate surface area is 123 Å². The lowest BCUT2D eigenvalue weighted by Crippen LogP contribution is -2.25. The second-order valence-electron chi connectivity index (χ2n) is 5.17. The molecule has 0 radical (unpaired) electrons. The number of halogens is 1. The Hall–Kier alpha value is -2.24. The fraction of sp³-hybridized carbons (Fsp3) is 0.400. The maximum Gasteiger partial charge on any atom is 0.249 e. The zero-order valence-electron chi connectivity index (χ0n) is 11.8. The highest BCUT2D eigenvalue weighted by atomic mass is 19.1. The number of aromatic nitrogens is 3. The van der Waals surface area contributed by atoms with Gasteiger partial charge in [-0.25, -0.2) is 4.39 Å². The third-order valence-electron chi connectivity index (χ3n) is 3.56. The monoisotopic (exact) mass is 287 g/mol. The van der Waals surface area contributed by atoms with Crippen LogP contribution in [0, 0.1) is 5.82 Å². The van der Waals surface area contributed by atoms with Crippen LogP contribution < -0.4 is 10.2 Å². The van der Waals surface area contributed by atoms with Crippen molar-refractivity contribution in [3.05, 3.63) is 36.3 Å². The molecule has 3 rings (SSSR count). The maximum atomic E-state index is 13.2. The minimum atomic E-state index is -0.295. The molecule has 110 valence electrons. The number of nitrogens with zero attached hydrogens (tertiary/aromatic N) is 4. The number of benzene rings is 1. The van der Waals surface area contributed by atoms with Crippen molar-refractivity contribution in [3.8, 4) is 0 Å². The topological polar surface area (TPSA) is 53.9 Å². The molecule has 21 heavy (non-hydrogen) atoms. The molecule has 1 N–H and O–H groups in total. The molecule has 5 nitrogen and oxygen atoms in total. The van der Waals surface area contributed by atoms with Crippen molar-refractivity contribution in [2.45, 2.75) is 25.7 Å². The molecule has 1 aliphatic rings. The van der Waals surface area contributed by atoms with Crippen LogP contribution in [0.25, 0.3) is 0 Å². The van der Waals surface area contributed by atoms with E-state index in [1.165, 1.54) is 37.8 Å². The third-order valence-corrected chi connectivity index (χ3v) is 3.56. The van der Waals surface area contributed by atoms with E-state index in [1.807, 2.05) is 0 Å². The first-order chi connectivity index (χ1) is 10.3. The standard InChI is InChI=1S/C15H18FN5/c16-12-6-5-7-13(10-12)18-15-19-14(11-17-20-15)21-8-3-1-2-4-9-21/h5-7,10-11H,1-4,8-9H2,(H,18,19,20). The van der Waals surface area contributed by atoms with E-state index in [9.17, 15) is 4.39 Å². The summed E-state index contributed by atoms with van der Waals surface area (Å²) >= 11 is 0. The van der Waals surface area contributed by atoms with Crippen molar-refractivity contribution < 1.29 is 4.39 Å². The quantitative estimate of drug-likeness (QED) is 0.940. The van der Waals surface area contributed by atoms with E-state index in [2.05, 4.69) is 25.4 Å². The van der Waals surface area contributed by atoms with Crippen LogP contribution in [0.15, 0.2) is 30.5 Å². The van der Waals surface area contributed by atoms with E-state index >= 15 is 0 Å². The maximum absolute atomic E-state index is 13.2. The highest BCUT2D eigenvalue weighted by Crippen LogP contribution is 2.19. The molecule has 1 saturated heterocycles. The van der Waals surface area contributed by atoms with Crippen molar-refractivity contribution >= 4 is 17.5 Å². The average molecular weight is 287 g/mol. The fourth-order valence-corrected chi connectivity index (χ4v) is 2.50. The largest absolute Gasteiger partial charge is 0.355 e. The Morgan fingerprint density at radius 2 is 1.90 bits per heavy atom. The van der Waals surface area contributed by atoms with Crippen LogP contribution in [0.5, 0.6) is 0 Å². The Morgan fingerprint density at radius 1 is 1.10 bits per heavy atom. The highest BCUT2D eigenvalue weighted by Gasteiger charge is 2.12. The van der Waals surface area contributed by atoms with Crippen molar-refractivity contribution in [1.29, 1.82) is 0 Å². The van der Waals surface area contributed by atoms with Gasteiger partial charge in [-0.15, -0.1) is 5.10 Å². The molecule has 2 heterocycles. The Balaban J connectivity index is 1.76. The number of hydrogen-bond donors (Lipinski definition) is 1. The van der Waals surface area contributed by atoms with E-state index in [1.54, 1.807) is 18.3 Å². The van der Waals surface area contributed by atoms with E-state index in [-0.39, 0.29) is 5.82 Å². The van der Waals surface area contributed by atoms with Crippen LogP contribution in [0.2, 0.25) is 0 Å². The Bertz CT molecular complexity index is 596. The molecule has 0 unspecified atom stereocenters. The number of anilines is 3. The zero-order chi connectivity index (χ0) is 14.5. The van der Waals surface area contributed by atoms with E-state index in [0.29, 0.717) is 11.6 Å². The van der Waals surface area contributed by atoms with Gasteiger partial charge in [0.05, 0.1) is 6.20 Å². The molecule has 6 heteroatoms.